The number of carbonyl (C=O) groups excluding carboxylic acids is 2. The third-order valence-electron chi connectivity index (χ3n) is 4.82. The van der Waals surface area contributed by atoms with Crippen molar-refractivity contribution < 1.29 is 14.3 Å². The molecular formula is C21H20N4O3. The van der Waals surface area contributed by atoms with Crippen LogP contribution in [0.15, 0.2) is 60.8 Å². The van der Waals surface area contributed by atoms with E-state index in [1.807, 2.05) is 54.6 Å². The van der Waals surface area contributed by atoms with Crippen LogP contribution in [-0.4, -0.2) is 53.7 Å². The number of piperazine rings is 1. The van der Waals surface area contributed by atoms with Gasteiger partial charge in [-0.15, -0.1) is 0 Å². The first-order chi connectivity index (χ1) is 13.7. The Kier molecular flexibility index (Phi) is 4.80. The number of benzene rings is 2. The highest BCUT2D eigenvalue weighted by atomic mass is 16.5. The van der Waals surface area contributed by atoms with Gasteiger partial charge in [0.15, 0.2) is 0 Å². The van der Waals surface area contributed by atoms with E-state index in [-0.39, 0.29) is 18.4 Å². The van der Waals surface area contributed by atoms with Gasteiger partial charge in [-0.2, -0.15) is 5.10 Å². The molecule has 1 aliphatic rings. The number of anilines is 1. The summed E-state index contributed by atoms with van der Waals surface area (Å²) >= 11 is 0. The summed E-state index contributed by atoms with van der Waals surface area (Å²) in [6.07, 6.45) is 1.52. The first-order valence-corrected chi connectivity index (χ1v) is 9.00. The zero-order valence-electron chi connectivity index (χ0n) is 15.5. The highest BCUT2D eigenvalue weighted by molar-refractivity contribution is 6.04. The van der Waals surface area contributed by atoms with E-state index in [1.165, 1.54) is 6.20 Å². The van der Waals surface area contributed by atoms with Crippen molar-refractivity contribution in [2.24, 2.45) is 0 Å². The Morgan fingerprint density at radius 3 is 2.57 bits per heavy atom. The van der Waals surface area contributed by atoms with Crippen LogP contribution >= 0.6 is 0 Å². The van der Waals surface area contributed by atoms with Crippen LogP contribution in [0.2, 0.25) is 0 Å². The Labute approximate surface area is 162 Å². The lowest BCUT2D eigenvalue weighted by Crippen LogP contribution is -2.52. The van der Waals surface area contributed by atoms with E-state index in [0.717, 1.165) is 11.3 Å². The molecule has 1 N–H and O–H groups in total. The van der Waals surface area contributed by atoms with Gasteiger partial charge in [0.05, 0.1) is 30.3 Å². The number of hydrogen-bond donors (Lipinski definition) is 1. The van der Waals surface area contributed by atoms with Gasteiger partial charge in [0.2, 0.25) is 5.91 Å². The van der Waals surface area contributed by atoms with Crippen LogP contribution in [0.4, 0.5) is 5.69 Å². The molecule has 0 radical (unpaired) electrons. The Morgan fingerprint density at radius 1 is 1.07 bits per heavy atom. The monoisotopic (exact) mass is 376 g/mol. The highest BCUT2D eigenvalue weighted by Gasteiger charge is 2.31. The van der Waals surface area contributed by atoms with Gasteiger partial charge in [-0.1, -0.05) is 42.5 Å². The minimum atomic E-state index is -0.208. The van der Waals surface area contributed by atoms with Gasteiger partial charge in [0.25, 0.3) is 5.91 Å². The molecule has 0 bridgehead atoms. The largest absolute Gasteiger partial charge is 0.495 e. The smallest absolute Gasteiger partial charge is 0.258 e. The molecule has 2 aromatic carbocycles. The number of rotatable bonds is 4. The zero-order chi connectivity index (χ0) is 19.5. The average molecular weight is 376 g/mol. The predicted octanol–water partition coefficient (Wildman–Crippen LogP) is 2.57. The van der Waals surface area contributed by atoms with Crippen LogP contribution in [0.25, 0.3) is 11.3 Å². The van der Waals surface area contributed by atoms with E-state index >= 15 is 0 Å². The normalized spacial score (nSPS) is 14.2. The molecule has 2 heterocycles. The SMILES string of the molecule is COc1ccccc1N1CCN(C(=O)c2cn[nH]c2-c2ccccc2)CC1=O. The second-order valence-electron chi connectivity index (χ2n) is 6.47. The van der Waals surface area contributed by atoms with Crippen LogP contribution < -0.4 is 9.64 Å². The van der Waals surface area contributed by atoms with Crippen molar-refractivity contribution in [3.8, 4) is 17.0 Å². The summed E-state index contributed by atoms with van der Waals surface area (Å²) in [5.41, 5.74) is 2.72. The number of amides is 2. The van der Waals surface area contributed by atoms with Crippen LogP contribution in [-0.2, 0) is 4.79 Å². The number of aromatic nitrogens is 2. The van der Waals surface area contributed by atoms with Gasteiger partial charge in [0, 0.05) is 18.7 Å². The quantitative estimate of drug-likeness (QED) is 0.759. The van der Waals surface area contributed by atoms with E-state index in [2.05, 4.69) is 10.2 Å². The lowest BCUT2D eigenvalue weighted by molar-refractivity contribution is -0.120. The van der Waals surface area contributed by atoms with Gasteiger partial charge in [-0.05, 0) is 12.1 Å². The minimum Gasteiger partial charge on any atom is -0.495 e. The number of aromatic amines is 1. The zero-order valence-corrected chi connectivity index (χ0v) is 15.5. The lowest BCUT2D eigenvalue weighted by Gasteiger charge is -2.34. The third kappa shape index (κ3) is 3.22. The van der Waals surface area contributed by atoms with Crippen molar-refractivity contribution in [1.82, 2.24) is 15.1 Å². The van der Waals surface area contributed by atoms with Crippen LogP contribution in [0.3, 0.4) is 0 Å². The second-order valence-corrected chi connectivity index (χ2v) is 6.47. The number of H-pyrrole nitrogens is 1. The molecule has 1 fully saturated rings. The standard InChI is InChI=1S/C21H20N4O3/c1-28-18-10-6-5-9-17(18)25-12-11-24(14-19(25)26)21(27)16-13-22-23-20(16)15-7-3-2-4-8-15/h2-10,13H,11-12,14H2,1H3,(H,22,23). The fraction of sp³-hybridized carbons (Fsp3) is 0.190. The number of methoxy groups -OCH3 is 1. The summed E-state index contributed by atoms with van der Waals surface area (Å²) in [4.78, 5) is 29.0. The van der Waals surface area contributed by atoms with E-state index in [1.54, 1.807) is 16.9 Å². The molecule has 1 aliphatic heterocycles. The van der Waals surface area contributed by atoms with Crippen LogP contribution in [0.1, 0.15) is 10.4 Å². The molecule has 2 amide bonds. The Bertz CT molecular complexity index is 1000. The van der Waals surface area contributed by atoms with Gasteiger partial charge >= 0.3 is 0 Å². The topological polar surface area (TPSA) is 78.5 Å². The molecule has 0 aliphatic carbocycles. The Morgan fingerprint density at radius 2 is 1.82 bits per heavy atom. The molecule has 7 heteroatoms. The van der Waals surface area contributed by atoms with Crippen LogP contribution in [0, 0.1) is 0 Å². The van der Waals surface area contributed by atoms with Crippen molar-refractivity contribution in [2.75, 3.05) is 31.6 Å². The maximum atomic E-state index is 13.0. The molecule has 0 unspecified atom stereocenters. The summed E-state index contributed by atoms with van der Waals surface area (Å²) < 4.78 is 5.36. The molecule has 7 nitrogen and oxygen atoms in total. The van der Waals surface area contributed by atoms with Crippen molar-refractivity contribution in [1.29, 1.82) is 0 Å². The minimum absolute atomic E-state index is 0.0102. The Balaban J connectivity index is 1.53. The molecule has 142 valence electrons. The molecule has 1 saturated heterocycles. The molecule has 3 aromatic rings. The van der Waals surface area contributed by atoms with E-state index in [4.69, 9.17) is 4.74 Å². The average Bonchev–Trinajstić information content (AvgIpc) is 3.23. The summed E-state index contributed by atoms with van der Waals surface area (Å²) in [5, 5.41) is 6.93. The van der Waals surface area contributed by atoms with Gasteiger partial charge < -0.3 is 14.5 Å². The number of nitrogens with zero attached hydrogens (tertiary/aromatic N) is 3. The molecule has 1 aromatic heterocycles. The maximum Gasteiger partial charge on any atom is 0.258 e. The number of carbonyl (C=O) groups is 2. The number of ether oxygens (including phenoxy) is 1. The molecule has 4 rings (SSSR count). The maximum absolute atomic E-state index is 13.0. The molecule has 0 saturated carbocycles. The Hall–Kier alpha value is -3.61. The van der Waals surface area contributed by atoms with Crippen molar-refractivity contribution >= 4 is 17.5 Å². The second kappa shape index (κ2) is 7.56. The number of hydrogen-bond acceptors (Lipinski definition) is 4. The predicted molar refractivity (Wildman–Crippen MR) is 105 cm³/mol. The molecule has 0 spiro atoms. The number of nitrogens with one attached hydrogen (secondary N) is 1. The van der Waals surface area contributed by atoms with Crippen LogP contribution in [0.5, 0.6) is 5.75 Å². The summed E-state index contributed by atoms with van der Waals surface area (Å²) in [7, 11) is 1.58. The summed E-state index contributed by atoms with van der Waals surface area (Å²) in [6.45, 7) is 0.849. The van der Waals surface area contributed by atoms with Gasteiger partial charge in [0.1, 0.15) is 12.3 Å². The summed E-state index contributed by atoms with van der Waals surface area (Å²) in [6, 6.07) is 16.9. The van der Waals surface area contributed by atoms with E-state index < -0.39 is 0 Å². The molecular weight excluding hydrogens is 356 g/mol. The van der Waals surface area contributed by atoms with Crippen molar-refractivity contribution in [3.63, 3.8) is 0 Å². The van der Waals surface area contributed by atoms with Gasteiger partial charge in [-0.25, -0.2) is 0 Å². The lowest BCUT2D eigenvalue weighted by atomic mass is 10.1. The first-order valence-electron chi connectivity index (χ1n) is 9.00. The fourth-order valence-electron chi connectivity index (χ4n) is 3.40. The van der Waals surface area contributed by atoms with Gasteiger partial charge in [-0.3, -0.25) is 14.7 Å². The highest BCUT2D eigenvalue weighted by Crippen LogP contribution is 2.29. The fourth-order valence-corrected chi connectivity index (χ4v) is 3.40. The molecule has 0 atom stereocenters. The van der Waals surface area contributed by atoms with Crippen molar-refractivity contribution in [3.05, 3.63) is 66.4 Å². The van der Waals surface area contributed by atoms with E-state index in [9.17, 15) is 9.59 Å². The molecule has 28 heavy (non-hydrogen) atoms. The van der Waals surface area contributed by atoms with E-state index in [0.29, 0.717) is 30.1 Å². The van der Waals surface area contributed by atoms with Crippen molar-refractivity contribution in [2.45, 2.75) is 0 Å². The summed E-state index contributed by atoms with van der Waals surface area (Å²) in [5.74, 6) is 0.284. The number of para-hydroxylation sites is 2. The third-order valence-corrected chi connectivity index (χ3v) is 4.82. The first kappa shape index (κ1) is 17.8.